The van der Waals surface area contributed by atoms with Crippen molar-refractivity contribution in [1.82, 2.24) is 0 Å². The first-order valence-corrected chi connectivity index (χ1v) is 8.66. The average Bonchev–Trinajstić information content (AvgIpc) is 2.74. The van der Waals surface area contributed by atoms with Gasteiger partial charge in [0.25, 0.3) is 0 Å². The first-order chi connectivity index (χ1) is 9.59. The fourth-order valence-corrected chi connectivity index (χ4v) is 6.22. The maximum Gasteiger partial charge on any atom is 0.0723 e. The molecule has 3 saturated carbocycles. The zero-order valence-corrected chi connectivity index (χ0v) is 12.8. The topological polar surface area (TPSA) is 20.2 Å². The highest BCUT2D eigenvalue weighted by Crippen LogP contribution is 2.63. The molecule has 4 rings (SSSR count). The summed E-state index contributed by atoms with van der Waals surface area (Å²) < 4.78 is 0. The molecule has 1 heteroatoms. The predicted molar refractivity (Wildman–Crippen MR) is 82.2 cm³/mol. The third kappa shape index (κ3) is 1.71. The fourth-order valence-electron chi connectivity index (χ4n) is 6.22. The van der Waals surface area contributed by atoms with Crippen molar-refractivity contribution in [1.29, 1.82) is 0 Å². The molecule has 0 aromatic rings. The minimum Gasteiger partial charge on any atom is -0.389 e. The summed E-state index contributed by atoms with van der Waals surface area (Å²) in [6.07, 6.45) is 12.3. The summed E-state index contributed by atoms with van der Waals surface area (Å²) in [4.78, 5) is 0. The Labute approximate surface area is 123 Å². The van der Waals surface area contributed by atoms with Crippen molar-refractivity contribution < 1.29 is 5.11 Å². The Morgan fingerprint density at radius 2 is 1.95 bits per heavy atom. The molecule has 0 aromatic heterocycles. The van der Waals surface area contributed by atoms with E-state index in [2.05, 4.69) is 19.6 Å². The molecule has 0 amide bonds. The standard InChI is InChI=1S/C19H28O/c1-12-3-8-18-17-6-4-13-11-14(20)5-7-15(13)16(17)9-10-19(12,18)2/h11,14-18,20H,1,3-10H2,2H3. The van der Waals surface area contributed by atoms with Gasteiger partial charge >= 0.3 is 0 Å². The Kier molecular flexibility index (Phi) is 2.93. The minimum absolute atomic E-state index is 0.155. The van der Waals surface area contributed by atoms with Gasteiger partial charge in [-0.1, -0.05) is 30.7 Å². The molecule has 20 heavy (non-hydrogen) atoms. The zero-order chi connectivity index (χ0) is 13.9. The van der Waals surface area contributed by atoms with Crippen LogP contribution in [0.2, 0.25) is 0 Å². The number of allylic oxidation sites excluding steroid dienone is 2. The molecule has 4 aliphatic carbocycles. The first-order valence-electron chi connectivity index (χ1n) is 8.66. The van der Waals surface area contributed by atoms with E-state index >= 15 is 0 Å². The van der Waals surface area contributed by atoms with E-state index in [4.69, 9.17) is 0 Å². The maximum absolute atomic E-state index is 9.88. The molecule has 4 aliphatic rings. The van der Waals surface area contributed by atoms with Crippen molar-refractivity contribution in [3.63, 3.8) is 0 Å². The van der Waals surface area contributed by atoms with E-state index in [1.165, 1.54) is 44.9 Å². The van der Waals surface area contributed by atoms with Gasteiger partial charge in [0.05, 0.1) is 6.10 Å². The van der Waals surface area contributed by atoms with E-state index in [1.54, 1.807) is 11.1 Å². The van der Waals surface area contributed by atoms with E-state index in [0.717, 1.165) is 30.1 Å². The van der Waals surface area contributed by atoms with Crippen LogP contribution in [0.3, 0.4) is 0 Å². The van der Waals surface area contributed by atoms with Gasteiger partial charge in [-0.25, -0.2) is 0 Å². The summed E-state index contributed by atoms with van der Waals surface area (Å²) in [6.45, 7) is 6.89. The zero-order valence-electron chi connectivity index (χ0n) is 12.8. The van der Waals surface area contributed by atoms with E-state index in [1.807, 2.05) is 0 Å². The molecule has 0 heterocycles. The quantitative estimate of drug-likeness (QED) is 0.645. The molecule has 0 spiro atoms. The van der Waals surface area contributed by atoms with Crippen molar-refractivity contribution in [2.75, 3.05) is 0 Å². The molecule has 0 aliphatic heterocycles. The van der Waals surface area contributed by atoms with Gasteiger partial charge in [-0.15, -0.1) is 0 Å². The van der Waals surface area contributed by atoms with E-state index in [0.29, 0.717) is 5.41 Å². The lowest BCUT2D eigenvalue weighted by atomic mass is 9.52. The third-order valence-corrected chi connectivity index (χ3v) is 7.39. The van der Waals surface area contributed by atoms with Crippen LogP contribution in [0, 0.1) is 29.1 Å². The van der Waals surface area contributed by atoms with E-state index < -0.39 is 0 Å². The third-order valence-electron chi connectivity index (χ3n) is 7.39. The van der Waals surface area contributed by atoms with E-state index in [-0.39, 0.29) is 6.10 Å². The normalized spacial score (nSPS) is 51.0. The molecular formula is C19H28O. The molecule has 110 valence electrons. The van der Waals surface area contributed by atoms with Gasteiger partial charge in [0.2, 0.25) is 0 Å². The van der Waals surface area contributed by atoms with Gasteiger partial charge in [0.1, 0.15) is 0 Å². The second-order valence-electron chi connectivity index (χ2n) is 8.06. The summed E-state index contributed by atoms with van der Waals surface area (Å²) in [5.41, 5.74) is 3.60. The van der Waals surface area contributed by atoms with Gasteiger partial charge < -0.3 is 5.11 Å². The SMILES string of the molecule is C=C1CCC2C3CCC4=CC(O)CCC4C3CCC12C. The second kappa shape index (κ2) is 4.47. The number of hydrogen-bond donors (Lipinski definition) is 1. The number of hydrogen-bond acceptors (Lipinski definition) is 1. The van der Waals surface area contributed by atoms with Crippen molar-refractivity contribution in [3.05, 3.63) is 23.8 Å². The minimum atomic E-state index is -0.155. The lowest BCUT2D eigenvalue weighted by Crippen LogP contribution is -2.45. The van der Waals surface area contributed by atoms with Crippen LogP contribution in [0.5, 0.6) is 0 Å². The molecule has 0 bridgehead atoms. The molecule has 0 radical (unpaired) electrons. The summed E-state index contributed by atoms with van der Waals surface area (Å²) in [6, 6.07) is 0. The summed E-state index contributed by atoms with van der Waals surface area (Å²) in [5, 5.41) is 9.88. The summed E-state index contributed by atoms with van der Waals surface area (Å²) >= 11 is 0. The highest BCUT2D eigenvalue weighted by molar-refractivity contribution is 5.24. The van der Waals surface area contributed by atoms with Crippen molar-refractivity contribution in [2.45, 2.75) is 64.4 Å². The smallest absolute Gasteiger partial charge is 0.0723 e. The Balaban J connectivity index is 1.63. The fraction of sp³-hybridized carbons (Fsp3) is 0.789. The van der Waals surface area contributed by atoms with Crippen LogP contribution in [-0.2, 0) is 0 Å². The van der Waals surface area contributed by atoms with Crippen molar-refractivity contribution in [2.24, 2.45) is 29.1 Å². The van der Waals surface area contributed by atoms with Crippen molar-refractivity contribution >= 4 is 0 Å². The van der Waals surface area contributed by atoms with Crippen molar-refractivity contribution in [3.8, 4) is 0 Å². The first kappa shape index (κ1) is 13.1. The second-order valence-corrected chi connectivity index (χ2v) is 8.06. The maximum atomic E-state index is 9.88. The summed E-state index contributed by atoms with van der Waals surface area (Å²) in [5.74, 6) is 3.55. The van der Waals surface area contributed by atoms with Gasteiger partial charge in [0, 0.05) is 0 Å². The van der Waals surface area contributed by atoms with Gasteiger partial charge in [-0.3, -0.25) is 0 Å². The number of aliphatic hydroxyl groups is 1. The highest BCUT2D eigenvalue weighted by atomic mass is 16.3. The Hall–Kier alpha value is -0.560. The molecule has 0 saturated heterocycles. The van der Waals surface area contributed by atoms with E-state index in [9.17, 15) is 5.11 Å². The van der Waals surface area contributed by atoms with Gasteiger partial charge in [-0.2, -0.15) is 0 Å². The Morgan fingerprint density at radius 3 is 2.80 bits per heavy atom. The number of rotatable bonds is 0. The predicted octanol–water partition coefficient (Wildman–Crippen LogP) is 4.48. The van der Waals surface area contributed by atoms with Crippen LogP contribution in [0.1, 0.15) is 58.3 Å². The molecule has 6 atom stereocenters. The molecular weight excluding hydrogens is 244 g/mol. The Bertz CT molecular complexity index is 462. The molecule has 1 N–H and O–H groups in total. The molecule has 0 aromatic carbocycles. The number of aliphatic hydroxyl groups excluding tert-OH is 1. The lowest BCUT2D eigenvalue weighted by Gasteiger charge is -2.53. The van der Waals surface area contributed by atoms with Crippen LogP contribution < -0.4 is 0 Å². The highest BCUT2D eigenvalue weighted by Gasteiger charge is 2.53. The number of fused-ring (bicyclic) bond motifs is 5. The molecule has 1 nitrogen and oxygen atoms in total. The van der Waals surface area contributed by atoms with Crippen LogP contribution in [0.15, 0.2) is 23.8 Å². The average molecular weight is 272 g/mol. The largest absolute Gasteiger partial charge is 0.389 e. The monoisotopic (exact) mass is 272 g/mol. The van der Waals surface area contributed by atoms with Gasteiger partial charge in [0.15, 0.2) is 0 Å². The van der Waals surface area contributed by atoms with Gasteiger partial charge in [-0.05, 0) is 80.5 Å². The summed E-state index contributed by atoms with van der Waals surface area (Å²) in [7, 11) is 0. The van der Waals surface area contributed by atoms with Crippen LogP contribution in [0.25, 0.3) is 0 Å². The lowest BCUT2D eigenvalue weighted by molar-refractivity contribution is 0.00845. The molecule has 3 fully saturated rings. The molecule has 6 unspecified atom stereocenters. The van der Waals surface area contributed by atoms with Crippen LogP contribution in [-0.4, -0.2) is 11.2 Å². The van der Waals surface area contributed by atoms with Crippen LogP contribution in [0.4, 0.5) is 0 Å². The van der Waals surface area contributed by atoms with Crippen LogP contribution >= 0.6 is 0 Å². The Morgan fingerprint density at radius 1 is 1.10 bits per heavy atom.